The van der Waals surface area contributed by atoms with Crippen LogP contribution in [-0.2, 0) is 14.8 Å². The van der Waals surface area contributed by atoms with Crippen molar-refractivity contribution in [3.63, 3.8) is 0 Å². The van der Waals surface area contributed by atoms with E-state index in [9.17, 15) is 23.3 Å². The Morgan fingerprint density at radius 2 is 1.76 bits per heavy atom. The number of anilines is 1. The molecule has 2 aromatic carbocycles. The number of piperazine rings is 1. The highest BCUT2D eigenvalue weighted by Gasteiger charge is 2.30. The summed E-state index contributed by atoms with van der Waals surface area (Å²) >= 11 is 6.02. The highest BCUT2D eigenvalue weighted by molar-refractivity contribution is 7.89. The molecule has 2 aromatic rings. The average molecular weight is 497 g/mol. The van der Waals surface area contributed by atoms with E-state index in [-0.39, 0.29) is 40.9 Å². The van der Waals surface area contributed by atoms with E-state index in [1.807, 2.05) is 0 Å². The summed E-state index contributed by atoms with van der Waals surface area (Å²) in [6.07, 6.45) is 0. The maximum absolute atomic E-state index is 13.0. The Morgan fingerprint density at radius 1 is 1.06 bits per heavy atom. The molecule has 2 aliphatic heterocycles. The molecular weight excluding hydrogens is 476 g/mol. The first-order valence-corrected chi connectivity index (χ1v) is 11.9. The molecule has 33 heavy (non-hydrogen) atoms. The standard InChI is InChI=1S/C20H21ClN4O7S/c21-16-3-1-14(25(27)28)11-17(16)22-20(26)13-23-5-7-24(8-6-23)33(29,30)15-2-4-18-19(12-15)32-10-9-31-18/h1-4,11-12H,5-10,13H2,(H,22,26). The number of sulfonamides is 1. The van der Waals surface area contributed by atoms with Gasteiger partial charge in [-0.25, -0.2) is 8.42 Å². The third-order valence-corrected chi connectivity index (χ3v) is 7.51. The van der Waals surface area contributed by atoms with Crippen LogP contribution in [0.3, 0.4) is 0 Å². The summed E-state index contributed by atoms with van der Waals surface area (Å²) in [4.78, 5) is 24.7. The fourth-order valence-electron chi connectivity index (χ4n) is 3.58. The molecule has 1 amide bonds. The number of benzene rings is 2. The van der Waals surface area contributed by atoms with Gasteiger partial charge in [-0.2, -0.15) is 4.31 Å². The molecule has 2 heterocycles. The monoisotopic (exact) mass is 496 g/mol. The number of nitro benzene ring substituents is 1. The second-order valence-corrected chi connectivity index (χ2v) is 9.80. The minimum atomic E-state index is -3.73. The Hall–Kier alpha value is -2.93. The van der Waals surface area contributed by atoms with Gasteiger partial charge in [0.15, 0.2) is 11.5 Å². The molecule has 2 aliphatic rings. The quantitative estimate of drug-likeness (QED) is 0.474. The molecule has 0 spiro atoms. The van der Waals surface area contributed by atoms with Gasteiger partial charge in [0.05, 0.1) is 27.1 Å². The van der Waals surface area contributed by atoms with Gasteiger partial charge in [0.1, 0.15) is 13.2 Å². The Labute approximate surface area is 195 Å². The highest BCUT2D eigenvalue weighted by Crippen LogP contribution is 2.33. The van der Waals surface area contributed by atoms with E-state index in [0.29, 0.717) is 37.8 Å². The average Bonchev–Trinajstić information content (AvgIpc) is 2.80. The number of amides is 1. The van der Waals surface area contributed by atoms with E-state index in [0.717, 1.165) is 0 Å². The van der Waals surface area contributed by atoms with E-state index in [4.69, 9.17) is 21.1 Å². The van der Waals surface area contributed by atoms with Crippen molar-refractivity contribution in [2.45, 2.75) is 4.90 Å². The number of rotatable bonds is 6. The molecule has 0 unspecified atom stereocenters. The van der Waals surface area contributed by atoms with Crippen LogP contribution in [0.25, 0.3) is 0 Å². The van der Waals surface area contributed by atoms with Gasteiger partial charge >= 0.3 is 0 Å². The fourth-order valence-corrected chi connectivity index (χ4v) is 5.18. The molecule has 4 rings (SSSR count). The first-order valence-electron chi connectivity index (χ1n) is 10.1. The van der Waals surface area contributed by atoms with Crippen molar-refractivity contribution in [3.05, 3.63) is 51.5 Å². The number of ether oxygens (including phenoxy) is 2. The van der Waals surface area contributed by atoms with Gasteiger partial charge < -0.3 is 14.8 Å². The van der Waals surface area contributed by atoms with Crippen LogP contribution in [-0.4, -0.2) is 74.4 Å². The lowest BCUT2D eigenvalue weighted by Gasteiger charge is -2.33. The zero-order valence-electron chi connectivity index (χ0n) is 17.4. The summed E-state index contributed by atoms with van der Waals surface area (Å²) in [5.41, 5.74) is -0.0386. The van der Waals surface area contributed by atoms with Crippen LogP contribution < -0.4 is 14.8 Å². The Morgan fingerprint density at radius 3 is 2.45 bits per heavy atom. The lowest BCUT2D eigenvalue weighted by Crippen LogP contribution is -2.50. The SMILES string of the molecule is O=C(CN1CCN(S(=O)(=O)c2ccc3c(c2)OCCO3)CC1)Nc1cc([N+](=O)[O-])ccc1Cl. The number of fused-ring (bicyclic) bond motifs is 1. The van der Waals surface area contributed by atoms with E-state index in [1.165, 1.54) is 34.6 Å². The summed E-state index contributed by atoms with van der Waals surface area (Å²) in [6, 6.07) is 8.33. The first kappa shape index (κ1) is 23.2. The Bertz CT molecular complexity index is 1180. The summed E-state index contributed by atoms with van der Waals surface area (Å²) in [5.74, 6) is 0.512. The number of carbonyl (C=O) groups is 1. The van der Waals surface area contributed by atoms with Crippen LogP contribution in [0.2, 0.25) is 5.02 Å². The van der Waals surface area contributed by atoms with Crippen molar-refractivity contribution < 1.29 is 27.6 Å². The third-order valence-electron chi connectivity index (χ3n) is 5.28. The van der Waals surface area contributed by atoms with Crippen LogP contribution in [0.4, 0.5) is 11.4 Å². The zero-order valence-corrected chi connectivity index (χ0v) is 19.0. The second kappa shape index (κ2) is 9.51. The molecular formula is C20H21ClN4O7S. The maximum atomic E-state index is 13.0. The number of hydrogen-bond donors (Lipinski definition) is 1. The molecule has 0 aliphatic carbocycles. The molecule has 1 fully saturated rings. The van der Waals surface area contributed by atoms with Crippen LogP contribution in [0, 0.1) is 10.1 Å². The van der Waals surface area contributed by atoms with Gasteiger partial charge in [0.25, 0.3) is 5.69 Å². The van der Waals surface area contributed by atoms with Crippen LogP contribution in [0.5, 0.6) is 11.5 Å². The number of nitrogens with one attached hydrogen (secondary N) is 1. The predicted molar refractivity (Wildman–Crippen MR) is 119 cm³/mol. The molecule has 0 aromatic heterocycles. The molecule has 0 bridgehead atoms. The number of hydrogen-bond acceptors (Lipinski definition) is 8. The van der Waals surface area contributed by atoms with Gasteiger partial charge in [0.2, 0.25) is 15.9 Å². The molecule has 0 saturated carbocycles. The lowest BCUT2D eigenvalue weighted by atomic mass is 10.2. The summed E-state index contributed by atoms with van der Waals surface area (Å²) in [5, 5.41) is 13.7. The molecule has 0 atom stereocenters. The number of halogens is 1. The molecule has 1 saturated heterocycles. The first-order chi connectivity index (χ1) is 15.7. The zero-order chi connectivity index (χ0) is 23.6. The third kappa shape index (κ3) is 5.19. The van der Waals surface area contributed by atoms with E-state index >= 15 is 0 Å². The number of nitrogens with zero attached hydrogens (tertiary/aromatic N) is 3. The van der Waals surface area contributed by atoms with Crippen molar-refractivity contribution in [1.82, 2.24) is 9.21 Å². The van der Waals surface area contributed by atoms with Crippen LogP contribution in [0.1, 0.15) is 0 Å². The topological polar surface area (TPSA) is 131 Å². The summed E-state index contributed by atoms with van der Waals surface area (Å²) in [7, 11) is -3.73. The smallest absolute Gasteiger partial charge is 0.271 e. The molecule has 1 N–H and O–H groups in total. The van der Waals surface area contributed by atoms with Crippen molar-refractivity contribution in [3.8, 4) is 11.5 Å². The minimum absolute atomic E-state index is 0.00304. The van der Waals surface area contributed by atoms with Gasteiger partial charge in [-0.3, -0.25) is 19.8 Å². The number of carbonyl (C=O) groups excluding carboxylic acids is 1. The van der Waals surface area contributed by atoms with Crippen LogP contribution >= 0.6 is 11.6 Å². The Kier molecular flexibility index (Phi) is 6.70. The van der Waals surface area contributed by atoms with Crippen molar-refractivity contribution in [2.75, 3.05) is 51.3 Å². The largest absolute Gasteiger partial charge is 0.486 e. The predicted octanol–water partition coefficient (Wildman–Crippen LogP) is 1.96. The lowest BCUT2D eigenvalue weighted by molar-refractivity contribution is -0.384. The minimum Gasteiger partial charge on any atom is -0.486 e. The van der Waals surface area contributed by atoms with Gasteiger partial charge in [-0.15, -0.1) is 0 Å². The maximum Gasteiger partial charge on any atom is 0.271 e. The van der Waals surface area contributed by atoms with Crippen molar-refractivity contribution in [1.29, 1.82) is 0 Å². The van der Waals surface area contributed by atoms with E-state index < -0.39 is 20.9 Å². The highest BCUT2D eigenvalue weighted by atomic mass is 35.5. The summed E-state index contributed by atoms with van der Waals surface area (Å²) in [6.45, 7) is 1.89. The summed E-state index contributed by atoms with van der Waals surface area (Å²) < 4.78 is 38.3. The van der Waals surface area contributed by atoms with Gasteiger partial charge in [-0.05, 0) is 18.2 Å². The van der Waals surface area contributed by atoms with Crippen molar-refractivity contribution >= 4 is 38.9 Å². The molecule has 13 heteroatoms. The fraction of sp³-hybridized carbons (Fsp3) is 0.350. The van der Waals surface area contributed by atoms with E-state index in [2.05, 4.69) is 5.32 Å². The molecule has 176 valence electrons. The Balaban J connectivity index is 1.35. The second-order valence-electron chi connectivity index (χ2n) is 7.46. The van der Waals surface area contributed by atoms with Crippen LogP contribution in [0.15, 0.2) is 41.3 Å². The number of nitro groups is 1. The van der Waals surface area contributed by atoms with Gasteiger partial charge in [0, 0.05) is 44.4 Å². The number of non-ortho nitro benzene ring substituents is 1. The van der Waals surface area contributed by atoms with Crippen molar-refractivity contribution in [2.24, 2.45) is 0 Å². The normalized spacial score (nSPS) is 16.9. The van der Waals surface area contributed by atoms with E-state index in [1.54, 1.807) is 11.0 Å². The van der Waals surface area contributed by atoms with Gasteiger partial charge in [-0.1, -0.05) is 11.6 Å². The molecule has 0 radical (unpaired) electrons. The molecule has 11 nitrogen and oxygen atoms in total.